The van der Waals surface area contributed by atoms with Gasteiger partial charge in [-0.2, -0.15) is 5.10 Å². The van der Waals surface area contributed by atoms with Crippen LogP contribution in [0.15, 0.2) is 84.1 Å². The van der Waals surface area contributed by atoms with Crippen LogP contribution in [0.5, 0.6) is 0 Å². The van der Waals surface area contributed by atoms with Crippen molar-refractivity contribution < 1.29 is 5.21 Å². The Bertz CT molecular complexity index is 1330. The van der Waals surface area contributed by atoms with Crippen molar-refractivity contribution in [2.24, 2.45) is 5.10 Å². The molecular formula is C25H24Cl2N6O. The third kappa shape index (κ3) is 4.68. The van der Waals surface area contributed by atoms with Crippen molar-refractivity contribution in [3.05, 3.63) is 95.7 Å². The molecule has 0 unspecified atom stereocenters. The fourth-order valence-electron chi connectivity index (χ4n) is 4.10. The first-order valence-electron chi connectivity index (χ1n) is 10.3. The van der Waals surface area contributed by atoms with Gasteiger partial charge in [0.15, 0.2) is 0 Å². The highest BCUT2D eigenvalue weighted by Crippen LogP contribution is 2.28. The number of hydroxylamine groups is 1. The minimum absolute atomic E-state index is 0. The molecule has 0 radical (unpaired) electrons. The zero-order valence-corrected chi connectivity index (χ0v) is 19.7. The van der Waals surface area contributed by atoms with Crippen molar-refractivity contribution in [1.82, 2.24) is 15.1 Å². The average Bonchev–Trinajstić information content (AvgIpc) is 3.43. The molecular weight excluding hydrogens is 471 g/mol. The molecule has 5 N–H and O–H groups in total. The monoisotopic (exact) mass is 494 g/mol. The number of nitrogen functional groups attached to an aromatic ring is 1. The van der Waals surface area contributed by atoms with Crippen molar-refractivity contribution in [2.75, 3.05) is 5.73 Å². The molecule has 7 nitrogen and oxygen atoms in total. The molecule has 4 aromatic rings. The smallest absolute Gasteiger partial charge is 0.221 e. The van der Waals surface area contributed by atoms with Gasteiger partial charge in [0.2, 0.25) is 5.95 Å². The Balaban J connectivity index is 0.00000162. The molecule has 9 heteroatoms. The van der Waals surface area contributed by atoms with E-state index in [4.69, 9.17) is 21.5 Å². The zero-order valence-electron chi connectivity index (χ0n) is 18.1. The summed E-state index contributed by atoms with van der Waals surface area (Å²) < 4.78 is 1.60. The lowest BCUT2D eigenvalue weighted by Crippen LogP contribution is -2.20. The molecule has 174 valence electrons. The lowest BCUT2D eigenvalue weighted by atomic mass is 10.0. The summed E-state index contributed by atoms with van der Waals surface area (Å²) in [6, 6.07) is 24.1. The molecule has 34 heavy (non-hydrogen) atoms. The maximum atomic E-state index is 9.12. The summed E-state index contributed by atoms with van der Waals surface area (Å²) in [4.78, 5) is 4.50. The number of hydrogen-bond donors (Lipinski definition) is 4. The Kier molecular flexibility index (Phi) is 7.73. The van der Waals surface area contributed by atoms with Crippen LogP contribution >= 0.6 is 24.8 Å². The van der Waals surface area contributed by atoms with E-state index in [-0.39, 0.29) is 30.6 Å². The number of rotatable bonds is 4. The molecule has 1 heterocycles. The number of halogens is 2. The summed E-state index contributed by atoms with van der Waals surface area (Å²) in [5.41, 5.74) is 15.6. The van der Waals surface area contributed by atoms with E-state index < -0.39 is 0 Å². The van der Waals surface area contributed by atoms with Crippen LogP contribution in [0.25, 0.3) is 22.4 Å². The Hall–Kier alpha value is -3.65. The largest absolute Gasteiger partial charge is 0.368 e. The van der Waals surface area contributed by atoms with Crippen LogP contribution in [-0.2, 0) is 6.42 Å². The van der Waals surface area contributed by atoms with Crippen LogP contribution in [0.2, 0.25) is 0 Å². The summed E-state index contributed by atoms with van der Waals surface area (Å²) in [6.45, 7) is 0. The molecule has 0 aliphatic heterocycles. The summed E-state index contributed by atoms with van der Waals surface area (Å²) in [5.74, 6) is 0.292. The SMILES string of the molecule is Cl.Cl.N=C(NO)c1cccc2c1CC/C2=N\n1cc(-c2ccc(-c3ccccc3)cc2)nc1N. The van der Waals surface area contributed by atoms with Crippen molar-refractivity contribution in [3.8, 4) is 22.4 Å². The fourth-order valence-corrected chi connectivity index (χ4v) is 4.10. The Morgan fingerprint density at radius 1 is 0.912 bits per heavy atom. The predicted molar refractivity (Wildman–Crippen MR) is 140 cm³/mol. The highest BCUT2D eigenvalue weighted by atomic mass is 35.5. The van der Waals surface area contributed by atoms with Gasteiger partial charge >= 0.3 is 0 Å². The zero-order chi connectivity index (χ0) is 22.1. The second-order valence-electron chi connectivity index (χ2n) is 7.64. The number of amidine groups is 1. The van der Waals surface area contributed by atoms with Gasteiger partial charge in [-0.25, -0.2) is 9.66 Å². The van der Waals surface area contributed by atoms with Crippen LogP contribution < -0.4 is 11.2 Å². The Labute approximate surface area is 209 Å². The number of benzene rings is 3. The van der Waals surface area contributed by atoms with Gasteiger partial charge in [0.1, 0.15) is 5.84 Å². The van der Waals surface area contributed by atoms with Gasteiger partial charge in [0.05, 0.1) is 17.6 Å². The summed E-state index contributed by atoms with van der Waals surface area (Å²) in [7, 11) is 0. The minimum Gasteiger partial charge on any atom is -0.368 e. The summed E-state index contributed by atoms with van der Waals surface area (Å²) in [5, 5.41) is 21.7. The second-order valence-corrected chi connectivity index (χ2v) is 7.64. The molecule has 0 spiro atoms. The molecule has 1 aromatic heterocycles. The topological polar surface area (TPSA) is 112 Å². The van der Waals surface area contributed by atoms with E-state index in [0.29, 0.717) is 11.5 Å². The van der Waals surface area contributed by atoms with E-state index in [2.05, 4.69) is 29.2 Å². The van der Waals surface area contributed by atoms with Crippen LogP contribution in [0, 0.1) is 5.41 Å². The normalized spacial score (nSPS) is 13.0. The Morgan fingerprint density at radius 2 is 1.59 bits per heavy atom. The van der Waals surface area contributed by atoms with Gasteiger partial charge in [-0.1, -0.05) is 72.8 Å². The van der Waals surface area contributed by atoms with Crippen LogP contribution in [-0.4, -0.2) is 26.4 Å². The summed E-state index contributed by atoms with van der Waals surface area (Å²) >= 11 is 0. The van der Waals surface area contributed by atoms with Gasteiger partial charge in [-0.15, -0.1) is 24.8 Å². The number of nitrogens with two attached hydrogens (primary N) is 1. The lowest BCUT2D eigenvalue weighted by Gasteiger charge is -2.08. The number of hydrogen-bond acceptors (Lipinski definition) is 5. The van der Waals surface area contributed by atoms with Crippen LogP contribution in [0.4, 0.5) is 5.95 Å². The molecule has 0 saturated heterocycles. The number of nitrogens with zero attached hydrogens (tertiary/aromatic N) is 3. The second kappa shape index (κ2) is 10.5. The van der Waals surface area contributed by atoms with Crippen molar-refractivity contribution in [1.29, 1.82) is 5.41 Å². The van der Waals surface area contributed by atoms with Gasteiger partial charge in [-0.05, 0) is 29.5 Å². The van der Waals surface area contributed by atoms with Crippen molar-refractivity contribution in [2.45, 2.75) is 12.8 Å². The number of fused-ring (bicyclic) bond motifs is 1. The van der Waals surface area contributed by atoms with E-state index in [1.807, 2.05) is 60.2 Å². The molecule has 0 amide bonds. The fraction of sp³-hybridized carbons (Fsp3) is 0.0800. The third-order valence-electron chi connectivity index (χ3n) is 5.71. The van der Waals surface area contributed by atoms with Gasteiger partial charge < -0.3 is 5.73 Å². The molecule has 0 saturated carbocycles. The highest BCUT2D eigenvalue weighted by molar-refractivity contribution is 6.08. The van der Waals surface area contributed by atoms with Crippen molar-refractivity contribution >= 4 is 42.3 Å². The lowest BCUT2D eigenvalue weighted by molar-refractivity contribution is 0.234. The van der Waals surface area contributed by atoms with Crippen molar-refractivity contribution in [3.63, 3.8) is 0 Å². The van der Waals surface area contributed by atoms with E-state index in [1.54, 1.807) is 4.68 Å². The number of imidazole rings is 1. The first-order valence-corrected chi connectivity index (χ1v) is 10.3. The van der Waals surface area contributed by atoms with Gasteiger partial charge in [0, 0.05) is 16.7 Å². The molecule has 1 aliphatic rings. The first kappa shape index (κ1) is 25.0. The first-order chi connectivity index (χ1) is 15.6. The molecule has 1 aliphatic carbocycles. The standard InChI is InChI=1S/C25H22N6O.2ClH/c26-24(30-32)21-8-4-7-20-19(21)13-14-22(20)29-31-15-23(28-25(31)27)18-11-9-17(10-12-18)16-5-2-1-3-6-16;;/h1-12,15,32H,13-14H2,(H2,26,30)(H2,27,28);2*1H/b29-22+;;. The molecule has 0 fully saturated rings. The van der Waals surface area contributed by atoms with Gasteiger partial charge in [-0.3, -0.25) is 16.1 Å². The quantitative estimate of drug-likeness (QED) is 0.178. The number of aromatic nitrogens is 2. The predicted octanol–water partition coefficient (Wildman–Crippen LogP) is 5.15. The average molecular weight is 495 g/mol. The molecule has 3 aromatic carbocycles. The van der Waals surface area contributed by atoms with Crippen LogP contribution in [0.1, 0.15) is 23.1 Å². The van der Waals surface area contributed by atoms with Gasteiger partial charge in [0.25, 0.3) is 0 Å². The van der Waals surface area contributed by atoms with E-state index in [1.165, 1.54) is 5.56 Å². The number of nitrogens with one attached hydrogen (secondary N) is 2. The minimum atomic E-state index is -0.0218. The molecule has 0 bridgehead atoms. The maximum absolute atomic E-state index is 9.12. The Morgan fingerprint density at radius 3 is 2.29 bits per heavy atom. The molecule has 5 rings (SSSR count). The highest BCUT2D eigenvalue weighted by Gasteiger charge is 2.22. The van der Waals surface area contributed by atoms with E-state index >= 15 is 0 Å². The maximum Gasteiger partial charge on any atom is 0.221 e. The van der Waals surface area contributed by atoms with E-state index in [9.17, 15) is 0 Å². The number of anilines is 1. The third-order valence-corrected chi connectivity index (χ3v) is 5.71. The summed E-state index contributed by atoms with van der Waals surface area (Å²) in [6.07, 6.45) is 3.31. The van der Waals surface area contributed by atoms with Crippen LogP contribution in [0.3, 0.4) is 0 Å². The van der Waals surface area contributed by atoms with E-state index in [0.717, 1.165) is 46.5 Å². The molecule has 0 atom stereocenters.